The van der Waals surface area contributed by atoms with Crippen LogP contribution in [0.1, 0.15) is 23.6 Å². The van der Waals surface area contributed by atoms with Crippen molar-refractivity contribution in [2.75, 3.05) is 25.8 Å². The van der Waals surface area contributed by atoms with Gasteiger partial charge in [-0.25, -0.2) is 4.98 Å². The number of fused-ring (bicyclic) bond motifs is 3. The number of anilines is 1. The van der Waals surface area contributed by atoms with Gasteiger partial charge in [0.25, 0.3) is 6.47 Å². The van der Waals surface area contributed by atoms with Crippen molar-refractivity contribution >= 4 is 33.7 Å². The predicted octanol–water partition coefficient (Wildman–Crippen LogP) is 5.59. The Kier molecular flexibility index (Phi) is 5.66. The van der Waals surface area contributed by atoms with E-state index < -0.39 is 0 Å². The molecule has 1 aliphatic heterocycles. The summed E-state index contributed by atoms with van der Waals surface area (Å²) in [5.74, 6) is 2.53. The summed E-state index contributed by atoms with van der Waals surface area (Å²) < 4.78 is 22.8. The van der Waals surface area contributed by atoms with Crippen LogP contribution >= 0.6 is 11.3 Å². The normalized spacial score (nSPS) is 18.2. The van der Waals surface area contributed by atoms with Gasteiger partial charge >= 0.3 is 0 Å². The topological polar surface area (TPSA) is 78.9 Å². The Hall–Kier alpha value is -3.78. The van der Waals surface area contributed by atoms with E-state index in [1.807, 2.05) is 18.2 Å². The van der Waals surface area contributed by atoms with Gasteiger partial charge in [0.15, 0.2) is 11.5 Å². The van der Waals surface area contributed by atoms with Crippen molar-refractivity contribution in [3.05, 3.63) is 65.7 Å². The first kappa shape index (κ1) is 21.7. The number of thiazole rings is 1. The molecule has 0 saturated carbocycles. The van der Waals surface area contributed by atoms with Crippen LogP contribution in [-0.4, -0.2) is 32.0 Å². The molecular formula is C27H24N2O5S. The highest BCUT2D eigenvalue weighted by Crippen LogP contribution is 2.44. The van der Waals surface area contributed by atoms with Crippen LogP contribution in [0.3, 0.4) is 0 Å². The third kappa shape index (κ3) is 4.14. The van der Waals surface area contributed by atoms with Gasteiger partial charge in [0, 0.05) is 17.2 Å². The molecule has 178 valence electrons. The Morgan fingerprint density at radius 1 is 1.11 bits per heavy atom. The Labute approximate surface area is 206 Å². The number of ether oxygens (including phenoxy) is 4. The van der Waals surface area contributed by atoms with Crippen LogP contribution in [0.4, 0.5) is 5.69 Å². The van der Waals surface area contributed by atoms with Crippen LogP contribution in [0, 0.1) is 5.92 Å². The number of hydrogen-bond acceptors (Lipinski definition) is 8. The number of nitrogens with one attached hydrogen (secondary N) is 1. The average molecular weight is 489 g/mol. The molecule has 0 fully saturated rings. The summed E-state index contributed by atoms with van der Waals surface area (Å²) in [6.45, 7) is 1.13. The van der Waals surface area contributed by atoms with Gasteiger partial charge in [-0.05, 0) is 78.6 Å². The van der Waals surface area contributed by atoms with Gasteiger partial charge < -0.3 is 24.3 Å². The first-order valence-electron chi connectivity index (χ1n) is 11.5. The Bertz CT molecular complexity index is 1380. The molecule has 0 saturated heterocycles. The van der Waals surface area contributed by atoms with E-state index in [0.717, 1.165) is 62.1 Å². The first-order valence-corrected chi connectivity index (χ1v) is 12.3. The molecule has 35 heavy (non-hydrogen) atoms. The van der Waals surface area contributed by atoms with Crippen LogP contribution in [0.15, 0.2) is 54.6 Å². The lowest BCUT2D eigenvalue weighted by Gasteiger charge is -2.34. The molecule has 0 spiro atoms. The third-order valence-electron chi connectivity index (χ3n) is 6.65. The summed E-state index contributed by atoms with van der Waals surface area (Å²) in [6.07, 6.45) is 1.81. The van der Waals surface area contributed by atoms with E-state index in [-0.39, 0.29) is 18.8 Å². The second-order valence-corrected chi connectivity index (χ2v) is 9.72. The van der Waals surface area contributed by atoms with Crippen LogP contribution < -0.4 is 19.5 Å². The fourth-order valence-electron chi connectivity index (χ4n) is 4.85. The van der Waals surface area contributed by atoms with Gasteiger partial charge in [0.05, 0.1) is 30.0 Å². The lowest BCUT2D eigenvalue weighted by atomic mass is 9.79. The summed E-state index contributed by atoms with van der Waals surface area (Å²) in [6, 6.07) is 18.3. The van der Waals surface area contributed by atoms with E-state index in [2.05, 4.69) is 41.7 Å². The fraction of sp³-hybridized carbons (Fsp3) is 0.259. The summed E-state index contributed by atoms with van der Waals surface area (Å²) in [4.78, 5) is 15.7. The quantitative estimate of drug-likeness (QED) is 0.340. The van der Waals surface area contributed by atoms with Gasteiger partial charge in [-0.1, -0.05) is 0 Å². The highest BCUT2D eigenvalue weighted by Gasteiger charge is 2.32. The summed E-state index contributed by atoms with van der Waals surface area (Å²) in [5, 5.41) is 4.65. The predicted molar refractivity (Wildman–Crippen MR) is 134 cm³/mol. The number of carbonyl (C=O) groups excluding carboxylic acids is 1. The molecule has 2 aliphatic rings. The van der Waals surface area contributed by atoms with Crippen molar-refractivity contribution in [2.45, 2.75) is 18.9 Å². The van der Waals surface area contributed by atoms with Crippen molar-refractivity contribution in [1.29, 1.82) is 0 Å². The van der Waals surface area contributed by atoms with Gasteiger partial charge in [0.1, 0.15) is 10.8 Å². The molecule has 2 heterocycles. The maximum atomic E-state index is 10.9. The molecule has 4 aromatic rings. The maximum absolute atomic E-state index is 10.9. The molecule has 1 aliphatic carbocycles. The molecule has 7 nitrogen and oxygen atoms in total. The number of aromatic nitrogens is 1. The number of nitrogens with zero attached hydrogens (tertiary/aromatic N) is 1. The molecule has 2 unspecified atom stereocenters. The standard InChI is InChI=1S/C27H24N2O5S/c1-31-20-8-9-22-25(11-20)35-27(29-22)16-4-6-19(7-5-16)28-26-18(13-32-14-30)3-2-17-10-23-24(12-21(17)26)34-15-33-23/h4-12,14,18,26,28H,2-3,13,15H2,1H3. The van der Waals surface area contributed by atoms with Gasteiger partial charge in [0.2, 0.25) is 6.79 Å². The fourth-order valence-corrected chi connectivity index (χ4v) is 5.85. The lowest BCUT2D eigenvalue weighted by molar-refractivity contribution is -0.130. The summed E-state index contributed by atoms with van der Waals surface area (Å²) in [7, 11) is 1.67. The molecule has 0 radical (unpaired) electrons. The molecule has 3 aromatic carbocycles. The van der Waals surface area contributed by atoms with E-state index in [9.17, 15) is 4.79 Å². The zero-order valence-corrected chi connectivity index (χ0v) is 20.0. The first-order chi connectivity index (χ1) is 17.2. The largest absolute Gasteiger partial charge is 0.497 e. The van der Waals surface area contributed by atoms with E-state index in [0.29, 0.717) is 13.1 Å². The molecule has 8 heteroatoms. The molecule has 0 amide bonds. The van der Waals surface area contributed by atoms with E-state index in [1.54, 1.807) is 18.4 Å². The Balaban J connectivity index is 1.28. The average Bonchev–Trinajstić information content (AvgIpc) is 3.53. The molecule has 1 aromatic heterocycles. The minimum atomic E-state index is -0.0195. The molecule has 0 bridgehead atoms. The van der Waals surface area contributed by atoms with Crippen molar-refractivity contribution in [3.63, 3.8) is 0 Å². The number of methoxy groups -OCH3 is 1. The van der Waals surface area contributed by atoms with Gasteiger partial charge in [-0.3, -0.25) is 4.79 Å². The van der Waals surface area contributed by atoms with Crippen molar-refractivity contribution < 1.29 is 23.7 Å². The molecular weight excluding hydrogens is 464 g/mol. The summed E-state index contributed by atoms with van der Waals surface area (Å²) >= 11 is 1.65. The maximum Gasteiger partial charge on any atom is 0.293 e. The molecule has 2 atom stereocenters. The highest BCUT2D eigenvalue weighted by molar-refractivity contribution is 7.21. The van der Waals surface area contributed by atoms with E-state index >= 15 is 0 Å². The van der Waals surface area contributed by atoms with Gasteiger partial charge in [-0.15, -0.1) is 11.3 Å². The lowest BCUT2D eigenvalue weighted by Crippen LogP contribution is -2.30. The number of rotatable bonds is 7. The Morgan fingerprint density at radius 2 is 1.94 bits per heavy atom. The third-order valence-corrected chi connectivity index (χ3v) is 7.72. The zero-order chi connectivity index (χ0) is 23.8. The second-order valence-electron chi connectivity index (χ2n) is 8.68. The molecule has 6 rings (SSSR count). The number of benzene rings is 3. The van der Waals surface area contributed by atoms with Crippen molar-refractivity contribution in [1.82, 2.24) is 4.98 Å². The van der Waals surface area contributed by atoms with Crippen LogP contribution in [0.25, 0.3) is 20.8 Å². The monoisotopic (exact) mass is 488 g/mol. The van der Waals surface area contributed by atoms with Crippen molar-refractivity contribution in [3.8, 4) is 27.8 Å². The van der Waals surface area contributed by atoms with E-state index in [4.69, 9.17) is 23.9 Å². The van der Waals surface area contributed by atoms with Crippen LogP contribution in [-0.2, 0) is 16.0 Å². The number of aryl methyl sites for hydroxylation is 1. The highest BCUT2D eigenvalue weighted by atomic mass is 32.1. The SMILES string of the molecule is COc1ccc2nc(-c3ccc(NC4c5cc6c(cc5CCC4COC=O)OCO6)cc3)sc2c1. The second kappa shape index (κ2) is 9.11. The van der Waals surface area contributed by atoms with E-state index in [1.165, 1.54) is 5.56 Å². The minimum Gasteiger partial charge on any atom is -0.497 e. The number of carbonyl (C=O) groups is 1. The minimum absolute atomic E-state index is 0.0195. The van der Waals surface area contributed by atoms with Crippen LogP contribution in [0.5, 0.6) is 17.2 Å². The Morgan fingerprint density at radius 3 is 2.74 bits per heavy atom. The van der Waals surface area contributed by atoms with Crippen molar-refractivity contribution in [2.24, 2.45) is 5.92 Å². The summed E-state index contributed by atoms with van der Waals surface area (Å²) in [5.41, 5.74) is 5.40. The molecule has 1 N–H and O–H groups in total. The smallest absolute Gasteiger partial charge is 0.293 e. The number of hydrogen-bond donors (Lipinski definition) is 1. The zero-order valence-electron chi connectivity index (χ0n) is 19.2. The van der Waals surface area contributed by atoms with Gasteiger partial charge in [-0.2, -0.15) is 0 Å². The van der Waals surface area contributed by atoms with Crippen LogP contribution in [0.2, 0.25) is 0 Å².